The maximum atomic E-state index is 12.6. The maximum absolute atomic E-state index is 12.6. The Balaban J connectivity index is 1.52. The number of para-hydroxylation sites is 1. The molecule has 1 amide bonds. The first-order valence-electron chi connectivity index (χ1n) is 9.11. The maximum Gasteiger partial charge on any atom is 0.241 e. The van der Waals surface area contributed by atoms with Gasteiger partial charge in [0, 0.05) is 32.7 Å². The van der Waals surface area contributed by atoms with Crippen LogP contribution < -0.4 is 5.32 Å². The average molecular weight is 372 g/mol. The van der Waals surface area contributed by atoms with E-state index in [9.17, 15) is 4.79 Å². The van der Waals surface area contributed by atoms with E-state index in [2.05, 4.69) is 46.3 Å². The summed E-state index contributed by atoms with van der Waals surface area (Å²) in [6.45, 7) is 8.82. The van der Waals surface area contributed by atoms with Crippen LogP contribution in [0.4, 0.5) is 5.69 Å². The van der Waals surface area contributed by atoms with Crippen molar-refractivity contribution in [3.63, 3.8) is 0 Å². The van der Waals surface area contributed by atoms with Crippen molar-refractivity contribution in [1.29, 1.82) is 0 Å². The lowest BCUT2D eigenvalue weighted by molar-refractivity contribution is -0.121. The number of nitrogens with zero attached hydrogens (tertiary/aromatic N) is 2. The molecule has 0 spiro atoms. The molecule has 1 atom stereocenters. The normalized spacial score (nSPS) is 17.0. The van der Waals surface area contributed by atoms with Gasteiger partial charge in [-0.3, -0.25) is 14.6 Å². The number of carbonyl (C=O) groups excluding carboxylic acids is 1. The number of halogens is 1. The third-order valence-electron chi connectivity index (χ3n) is 5.12. The Morgan fingerprint density at radius 3 is 2.42 bits per heavy atom. The highest BCUT2D eigenvalue weighted by Crippen LogP contribution is 2.21. The summed E-state index contributed by atoms with van der Waals surface area (Å²) >= 11 is 6.13. The quantitative estimate of drug-likeness (QED) is 0.868. The van der Waals surface area contributed by atoms with Gasteiger partial charge in [-0.15, -0.1) is 0 Å². The molecule has 3 rings (SSSR count). The van der Waals surface area contributed by atoms with Crippen LogP contribution in [0, 0.1) is 6.92 Å². The van der Waals surface area contributed by atoms with Crippen molar-refractivity contribution in [3.8, 4) is 0 Å². The predicted molar refractivity (Wildman–Crippen MR) is 108 cm³/mol. The van der Waals surface area contributed by atoms with E-state index in [0.717, 1.165) is 32.7 Å². The summed E-state index contributed by atoms with van der Waals surface area (Å²) in [6, 6.07) is 15.7. The summed E-state index contributed by atoms with van der Waals surface area (Å²) in [4.78, 5) is 17.2. The number of hydrogen-bond donors (Lipinski definition) is 1. The van der Waals surface area contributed by atoms with Gasteiger partial charge in [0.1, 0.15) is 0 Å². The number of hydrogen-bond acceptors (Lipinski definition) is 3. The number of carbonyl (C=O) groups is 1. The van der Waals surface area contributed by atoms with E-state index in [1.165, 1.54) is 11.1 Å². The number of aryl methyl sites for hydroxylation is 1. The molecule has 0 saturated carbocycles. The summed E-state index contributed by atoms with van der Waals surface area (Å²) in [6.07, 6.45) is 0. The minimum Gasteiger partial charge on any atom is -0.323 e. The lowest BCUT2D eigenvalue weighted by Crippen LogP contribution is -2.52. The number of rotatable bonds is 5. The first kappa shape index (κ1) is 18.9. The van der Waals surface area contributed by atoms with Gasteiger partial charge in [0.05, 0.1) is 16.8 Å². The molecule has 1 unspecified atom stereocenters. The largest absolute Gasteiger partial charge is 0.323 e. The molecule has 138 valence electrons. The van der Waals surface area contributed by atoms with Crippen LogP contribution in [-0.4, -0.2) is 47.9 Å². The summed E-state index contributed by atoms with van der Waals surface area (Å²) in [7, 11) is 0. The van der Waals surface area contributed by atoms with Gasteiger partial charge in [-0.1, -0.05) is 48.0 Å². The zero-order chi connectivity index (χ0) is 18.5. The van der Waals surface area contributed by atoms with E-state index in [0.29, 0.717) is 10.7 Å². The number of piperazine rings is 1. The van der Waals surface area contributed by atoms with Gasteiger partial charge in [0.25, 0.3) is 0 Å². The second kappa shape index (κ2) is 8.67. The standard InChI is InChI=1S/C21H26ClN3O/c1-16-7-3-4-8-18(16)15-24-11-13-25(14-12-24)17(2)21(26)23-20-10-6-5-9-19(20)22/h3-10,17H,11-15H2,1-2H3,(H,23,26). The fourth-order valence-corrected chi connectivity index (χ4v) is 3.49. The van der Waals surface area contributed by atoms with E-state index in [1.807, 2.05) is 25.1 Å². The molecule has 0 bridgehead atoms. The first-order chi connectivity index (χ1) is 12.5. The molecule has 0 radical (unpaired) electrons. The second-order valence-electron chi connectivity index (χ2n) is 6.88. The van der Waals surface area contributed by atoms with E-state index in [4.69, 9.17) is 11.6 Å². The molecule has 2 aromatic carbocycles. The number of nitrogens with one attached hydrogen (secondary N) is 1. The average Bonchev–Trinajstić information content (AvgIpc) is 2.65. The van der Waals surface area contributed by atoms with Gasteiger partial charge >= 0.3 is 0 Å². The highest BCUT2D eigenvalue weighted by Gasteiger charge is 2.26. The van der Waals surface area contributed by atoms with Crippen LogP contribution in [0.2, 0.25) is 5.02 Å². The van der Waals surface area contributed by atoms with Crippen LogP contribution in [0.5, 0.6) is 0 Å². The Morgan fingerprint density at radius 1 is 1.08 bits per heavy atom. The molecule has 5 heteroatoms. The Morgan fingerprint density at radius 2 is 1.73 bits per heavy atom. The van der Waals surface area contributed by atoms with Gasteiger partial charge in [0.15, 0.2) is 0 Å². The molecule has 2 aromatic rings. The summed E-state index contributed by atoms with van der Waals surface area (Å²) in [5.41, 5.74) is 3.39. The third-order valence-corrected chi connectivity index (χ3v) is 5.45. The number of benzene rings is 2. The van der Waals surface area contributed by atoms with Crippen LogP contribution >= 0.6 is 11.6 Å². The van der Waals surface area contributed by atoms with Crippen molar-refractivity contribution in [2.75, 3.05) is 31.5 Å². The molecule has 1 fully saturated rings. The van der Waals surface area contributed by atoms with Crippen molar-refractivity contribution >= 4 is 23.2 Å². The van der Waals surface area contributed by atoms with Crippen molar-refractivity contribution < 1.29 is 4.79 Å². The van der Waals surface area contributed by atoms with E-state index in [1.54, 1.807) is 6.07 Å². The molecule has 1 saturated heterocycles. The highest BCUT2D eigenvalue weighted by molar-refractivity contribution is 6.33. The molecule has 4 nitrogen and oxygen atoms in total. The van der Waals surface area contributed by atoms with Crippen LogP contribution in [0.25, 0.3) is 0 Å². The van der Waals surface area contributed by atoms with Crippen LogP contribution in [0.15, 0.2) is 48.5 Å². The van der Waals surface area contributed by atoms with Gasteiger partial charge in [0.2, 0.25) is 5.91 Å². The number of anilines is 1. The Bertz CT molecular complexity index is 756. The van der Waals surface area contributed by atoms with Crippen molar-refractivity contribution in [2.24, 2.45) is 0 Å². The zero-order valence-electron chi connectivity index (χ0n) is 15.4. The van der Waals surface area contributed by atoms with Gasteiger partial charge in [-0.25, -0.2) is 0 Å². The molecule has 1 aliphatic rings. The molecule has 0 aliphatic carbocycles. The predicted octanol–water partition coefficient (Wildman–Crippen LogP) is 3.79. The molecular formula is C21H26ClN3O. The van der Waals surface area contributed by atoms with E-state index < -0.39 is 0 Å². The Hall–Kier alpha value is -1.88. The zero-order valence-corrected chi connectivity index (χ0v) is 16.2. The smallest absolute Gasteiger partial charge is 0.241 e. The first-order valence-corrected chi connectivity index (χ1v) is 9.48. The van der Waals surface area contributed by atoms with Crippen LogP contribution in [0.3, 0.4) is 0 Å². The fraction of sp³-hybridized carbons (Fsp3) is 0.381. The number of amides is 1. The molecule has 26 heavy (non-hydrogen) atoms. The second-order valence-corrected chi connectivity index (χ2v) is 7.29. The molecule has 1 heterocycles. The Kier molecular flexibility index (Phi) is 6.30. The minimum absolute atomic E-state index is 0.00884. The summed E-state index contributed by atoms with van der Waals surface area (Å²) < 4.78 is 0. The summed E-state index contributed by atoms with van der Waals surface area (Å²) in [5.74, 6) is -0.00884. The fourth-order valence-electron chi connectivity index (χ4n) is 3.30. The Labute approximate surface area is 160 Å². The molecule has 1 aliphatic heterocycles. The topological polar surface area (TPSA) is 35.6 Å². The molecular weight excluding hydrogens is 346 g/mol. The molecule has 0 aromatic heterocycles. The molecule has 1 N–H and O–H groups in total. The van der Waals surface area contributed by atoms with Gasteiger partial charge in [-0.05, 0) is 37.1 Å². The van der Waals surface area contributed by atoms with Crippen LogP contribution in [-0.2, 0) is 11.3 Å². The van der Waals surface area contributed by atoms with Crippen molar-refractivity contribution in [1.82, 2.24) is 9.80 Å². The van der Waals surface area contributed by atoms with Crippen molar-refractivity contribution in [2.45, 2.75) is 26.4 Å². The lowest BCUT2D eigenvalue weighted by Gasteiger charge is -2.37. The van der Waals surface area contributed by atoms with Crippen LogP contribution in [0.1, 0.15) is 18.1 Å². The summed E-state index contributed by atoms with van der Waals surface area (Å²) in [5, 5.41) is 3.51. The van der Waals surface area contributed by atoms with Gasteiger partial charge in [-0.2, -0.15) is 0 Å². The lowest BCUT2D eigenvalue weighted by atomic mass is 10.1. The van der Waals surface area contributed by atoms with Crippen molar-refractivity contribution in [3.05, 3.63) is 64.7 Å². The third kappa shape index (κ3) is 4.64. The minimum atomic E-state index is -0.174. The highest BCUT2D eigenvalue weighted by atomic mass is 35.5. The SMILES string of the molecule is Cc1ccccc1CN1CCN(C(C)C(=O)Nc2ccccc2Cl)CC1. The van der Waals surface area contributed by atoms with E-state index in [-0.39, 0.29) is 11.9 Å². The monoisotopic (exact) mass is 371 g/mol. The van der Waals surface area contributed by atoms with E-state index >= 15 is 0 Å². The van der Waals surface area contributed by atoms with Gasteiger partial charge < -0.3 is 5.32 Å².